The summed E-state index contributed by atoms with van der Waals surface area (Å²) in [5.41, 5.74) is 1.03. The number of rotatable bonds is 6. The molecule has 0 radical (unpaired) electrons. The van der Waals surface area contributed by atoms with Crippen molar-refractivity contribution in [3.63, 3.8) is 0 Å². The summed E-state index contributed by atoms with van der Waals surface area (Å²) in [4.78, 5) is 9.85. The zero-order valence-electron chi connectivity index (χ0n) is 12.9. The van der Waals surface area contributed by atoms with Gasteiger partial charge in [0, 0.05) is 24.0 Å². The predicted octanol–water partition coefficient (Wildman–Crippen LogP) is 3.37. The molecule has 2 aliphatic heterocycles. The molecule has 3 nitrogen and oxygen atoms in total. The molecule has 0 amide bonds. The van der Waals surface area contributed by atoms with E-state index in [-0.39, 0.29) is 0 Å². The lowest BCUT2D eigenvalue weighted by Crippen LogP contribution is -2.37. The van der Waals surface area contributed by atoms with Crippen molar-refractivity contribution in [2.75, 3.05) is 26.7 Å². The summed E-state index contributed by atoms with van der Waals surface area (Å²) in [7, 11) is 2.32. The van der Waals surface area contributed by atoms with Crippen molar-refractivity contribution in [1.29, 1.82) is 0 Å². The van der Waals surface area contributed by atoms with E-state index in [1.54, 1.807) is 11.3 Å². The van der Waals surface area contributed by atoms with Gasteiger partial charge in [-0.05, 0) is 58.7 Å². The summed E-state index contributed by atoms with van der Waals surface area (Å²) >= 11 is 7.55. The first-order valence-corrected chi connectivity index (χ1v) is 9.61. The Labute approximate surface area is 137 Å². The van der Waals surface area contributed by atoms with Crippen LogP contribution in [0.25, 0.3) is 0 Å². The summed E-state index contributed by atoms with van der Waals surface area (Å²) in [6.07, 6.45) is 7.83. The molecular formula is C16H26ClN3S. The summed E-state index contributed by atoms with van der Waals surface area (Å²) in [6.45, 7) is 3.82. The van der Waals surface area contributed by atoms with Gasteiger partial charge in [0.15, 0.2) is 0 Å². The number of hydrogen-bond donors (Lipinski definition) is 0. The topological polar surface area (TPSA) is 19.4 Å². The Morgan fingerprint density at radius 1 is 1.29 bits per heavy atom. The first kappa shape index (κ1) is 15.7. The Bertz CT molecular complexity index is 450. The van der Waals surface area contributed by atoms with Crippen molar-refractivity contribution in [2.24, 2.45) is 0 Å². The molecule has 2 fully saturated rings. The van der Waals surface area contributed by atoms with E-state index in [0.29, 0.717) is 5.88 Å². The van der Waals surface area contributed by atoms with Gasteiger partial charge in [0.05, 0.1) is 16.6 Å². The average molecular weight is 328 g/mol. The Kier molecular flexibility index (Phi) is 5.54. The SMILES string of the molecule is CN1C2CCC1CN(CCCCc1nc(CCl)cs1)CC2. The molecule has 3 rings (SSSR count). The van der Waals surface area contributed by atoms with E-state index < -0.39 is 0 Å². The normalized spacial score (nSPS) is 27.1. The average Bonchev–Trinajstić information content (AvgIpc) is 3.02. The van der Waals surface area contributed by atoms with Crippen LogP contribution in [0.2, 0.25) is 0 Å². The van der Waals surface area contributed by atoms with Crippen LogP contribution in [0.5, 0.6) is 0 Å². The number of alkyl halides is 1. The molecule has 0 saturated carbocycles. The number of aromatic nitrogens is 1. The van der Waals surface area contributed by atoms with Crippen molar-refractivity contribution in [2.45, 2.75) is 56.5 Å². The van der Waals surface area contributed by atoms with Gasteiger partial charge in [0.2, 0.25) is 0 Å². The van der Waals surface area contributed by atoms with Crippen LogP contribution in [0.15, 0.2) is 5.38 Å². The standard InChI is InChI=1S/C16H26ClN3S/c1-19-14-5-6-15(19)11-20(9-7-14)8-3-2-4-16-18-13(10-17)12-21-16/h12,14-15H,2-11H2,1H3. The van der Waals surface area contributed by atoms with Crippen LogP contribution >= 0.6 is 22.9 Å². The van der Waals surface area contributed by atoms with Gasteiger partial charge in [-0.1, -0.05) is 0 Å². The van der Waals surface area contributed by atoms with E-state index in [0.717, 1.165) is 24.2 Å². The number of halogens is 1. The van der Waals surface area contributed by atoms with Crippen molar-refractivity contribution < 1.29 is 0 Å². The van der Waals surface area contributed by atoms with Gasteiger partial charge < -0.3 is 4.90 Å². The lowest BCUT2D eigenvalue weighted by Gasteiger charge is -2.25. The van der Waals surface area contributed by atoms with Crippen LogP contribution in [-0.2, 0) is 12.3 Å². The van der Waals surface area contributed by atoms with Crippen LogP contribution in [0.3, 0.4) is 0 Å². The van der Waals surface area contributed by atoms with Crippen molar-refractivity contribution in [1.82, 2.24) is 14.8 Å². The van der Waals surface area contributed by atoms with Crippen molar-refractivity contribution in [3.8, 4) is 0 Å². The monoisotopic (exact) mass is 327 g/mol. The fraction of sp³-hybridized carbons (Fsp3) is 0.812. The van der Waals surface area contributed by atoms with Crippen LogP contribution in [-0.4, -0.2) is 53.5 Å². The van der Waals surface area contributed by atoms with Crippen LogP contribution in [0, 0.1) is 0 Å². The molecular weight excluding hydrogens is 302 g/mol. The van der Waals surface area contributed by atoms with Crippen LogP contribution < -0.4 is 0 Å². The number of thiazole rings is 1. The Balaban J connectivity index is 1.37. The summed E-state index contributed by atoms with van der Waals surface area (Å²) in [5, 5.41) is 3.34. The third kappa shape index (κ3) is 3.98. The minimum absolute atomic E-state index is 0.542. The van der Waals surface area contributed by atoms with Gasteiger partial charge >= 0.3 is 0 Å². The second kappa shape index (κ2) is 7.40. The Morgan fingerprint density at radius 2 is 2.14 bits per heavy atom. The fourth-order valence-corrected chi connectivity index (χ4v) is 4.79. The number of fused-ring (bicyclic) bond motifs is 2. The highest BCUT2D eigenvalue weighted by molar-refractivity contribution is 7.09. The maximum Gasteiger partial charge on any atom is 0.0928 e. The first-order chi connectivity index (χ1) is 10.3. The van der Waals surface area contributed by atoms with Gasteiger partial charge in [0.1, 0.15) is 0 Å². The Morgan fingerprint density at radius 3 is 2.95 bits per heavy atom. The molecule has 5 heteroatoms. The van der Waals surface area contributed by atoms with E-state index in [2.05, 4.69) is 27.2 Å². The number of likely N-dealkylation sites (N-methyl/N-ethyl adjacent to an activating group) is 1. The van der Waals surface area contributed by atoms with Gasteiger partial charge in [-0.15, -0.1) is 22.9 Å². The largest absolute Gasteiger partial charge is 0.302 e. The Hall–Kier alpha value is -0.160. The number of likely N-dealkylation sites (tertiary alicyclic amines) is 1. The molecule has 0 aromatic carbocycles. The van der Waals surface area contributed by atoms with Gasteiger partial charge in [0.25, 0.3) is 0 Å². The zero-order chi connectivity index (χ0) is 14.7. The molecule has 1 aromatic rings. The highest BCUT2D eigenvalue weighted by Gasteiger charge is 2.34. The van der Waals surface area contributed by atoms with Gasteiger partial charge in [-0.25, -0.2) is 4.98 Å². The minimum atomic E-state index is 0.542. The van der Waals surface area contributed by atoms with Gasteiger partial charge in [-0.3, -0.25) is 4.90 Å². The second-order valence-corrected chi connectivity index (χ2v) is 7.67. The van der Waals surface area contributed by atoms with E-state index in [1.807, 2.05) is 0 Å². The smallest absolute Gasteiger partial charge is 0.0928 e. The highest BCUT2D eigenvalue weighted by atomic mass is 35.5. The van der Waals surface area contributed by atoms with Crippen molar-refractivity contribution >= 4 is 22.9 Å². The second-order valence-electron chi connectivity index (χ2n) is 6.46. The quantitative estimate of drug-likeness (QED) is 0.590. The summed E-state index contributed by atoms with van der Waals surface area (Å²) < 4.78 is 0. The maximum atomic E-state index is 5.79. The lowest BCUT2D eigenvalue weighted by atomic mass is 10.1. The maximum absolute atomic E-state index is 5.79. The molecule has 1 aromatic heterocycles. The molecule has 2 aliphatic rings. The van der Waals surface area contributed by atoms with Gasteiger partial charge in [-0.2, -0.15) is 0 Å². The molecule has 118 valence electrons. The predicted molar refractivity (Wildman–Crippen MR) is 90.2 cm³/mol. The molecule has 0 N–H and O–H groups in total. The molecule has 21 heavy (non-hydrogen) atoms. The van der Waals surface area contributed by atoms with Crippen LogP contribution in [0.1, 0.15) is 42.8 Å². The minimum Gasteiger partial charge on any atom is -0.302 e. The summed E-state index contributed by atoms with van der Waals surface area (Å²) in [6, 6.07) is 1.66. The van der Waals surface area contributed by atoms with E-state index in [9.17, 15) is 0 Å². The number of aryl methyl sites for hydroxylation is 1. The molecule has 3 heterocycles. The van der Waals surface area contributed by atoms with Crippen molar-refractivity contribution in [3.05, 3.63) is 16.1 Å². The third-order valence-corrected chi connectivity index (χ3v) is 6.31. The lowest BCUT2D eigenvalue weighted by molar-refractivity contribution is 0.217. The van der Waals surface area contributed by atoms with E-state index in [4.69, 9.17) is 11.6 Å². The number of unbranched alkanes of at least 4 members (excludes halogenated alkanes) is 1. The number of nitrogens with zero attached hydrogens (tertiary/aromatic N) is 3. The molecule has 2 atom stereocenters. The van der Waals surface area contributed by atoms with E-state index in [1.165, 1.54) is 56.7 Å². The zero-order valence-corrected chi connectivity index (χ0v) is 14.5. The molecule has 2 saturated heterocycles. The molecule has 2 unspecified atom stereocenters. The molecule has 0 spiro atoms. The number of hydrogen-bond acceptors (Lipinski definition) is 4. The first-order valence-electron chi connectivity index (χ1n) is 8.20. The van der Waals surface area contributed by atoms with E-state index >= 15 is 0 Å². The molecule has 0 aliphatic carbocycles. The molecule has 2 bridgehead atoms. The fourth-order valence-electron chi connectivity index (χ4n) is 3.72. The summed E-state index contributed by atoms with van der Waals surface area (Å²) in [5.74, 6) is 0.542. The third-order valence-electron chi connectivity index (χ3n) is 5.08. The highest BCUT2D eigenvalue weighted by Crippen LogP contribution is 2.28. The van der Waals surface area contributed by atoms with Crippen LogP contribution in [0.4, 0.5) is 0 Å².